The van der Waals surface area contributed by atoms with Gasteiger partial charge in [-0.2, -0.15) is 0 Å². The van der Waals surface area contributed by atoms with Crippen LogP contribution in [0.15, 0.2) is 11.6 Å². The third-order valence-corrected chi connectivity index (χ3v) is 8.88. The Labute approximate surface area is 113 Å². The molecule has 0 aromatic heterocycles. The number of rotatable bonds is 2. The molecular formula is C15H28O2Si. The van der Waals surface area contributed by atoms with Crippen molar-refractivity contribution in [2.45, 2.75) is 72.2 Å². The largest absolute Gasteiger partial charge is 0.411 e. The van der Waals surface area contributed by atoms with Crippen LogP contribution in [0.25, 0.3) is 0 Å². The molecule has 0 spiro atoms. The second-order valence-electron chi connectivity index (χ2n) is 7.68. The molecule has 3 heteroatoms. The highest BCUT2D eigenvalue weighted by molar-refractivity contribution is 6.74. The number of hydrogen-bond donors (Lipinski definition) is 0. The van der Waals surface area contributed by atoms with E-state index in [9.17, 15) is 4.79 Å². The number of carbonyl (C=O) groups is 1. The van der Waals surface area contributed by atoms with E-state index < -0.39 is 8.32 Å². The molecular weight excluding hydrogens is 240 g/mol. The average Bonchev–Trinajstić information content (AvgIpc) is 2.10. The second-order valence-corrected chi connectivity index (χ2v) is 12.4. The van der Waals surface area contributed by atoms with E-state index in [0.29, 0.717) is 0 Å². The number of allylic oxidation sites excluding steroid dienone is 1. The topological polar surface area (TPSA) is 26.3 Å². The summed E-state index contributed by atoms with van der Waals surface area (Å²) in [6.07, 6.45) is 2.92. The van der Waals surface area contributed by atoms with Gasteiger partial charge in [0.15, 0.2) is 14.1 Å². The molecule has 0 N–H and O–H groups in total. The van der Waals surface area contributed by atoms with Crippen LogP contribution in [0.3, 0.4) is 0 Å². The van der Waals surface area contributed by atoms with Crippen LogP contribution in [0.1, 0.15) is 48.0 Å². The lowest BCUT2D eigenvalue weighted by Crippen LogP contribution is -2.46. The van der Waals surface area contributed by atoms with Crippen molar-refractivity contribution in [3.63, 3.8) is 0 Å². The van der Waals surface area contributed by atoms with Gasteiger partial charge in [-0.1, -0.05) is 40.7 Å². The maximum atomic E-state index is 12.0. The summed E-state index contributed by atoms with van der Waals surface area (Å²) in [5.74, 6) is 0.262. The fourth-order valence-corrected chi connectivity index (χ4v) is 3.44. The fourth-order valence-electron chi connectivity index (χ4n) is 2.17. The maximum absolute atomic E-state index is 12.0. The summed E-state index contributed by atoms with van der Waals surface area (Å²) < 4.78 is 6.41. The lowest BCUT2D eigenvalue weighted by molar-refractivity contribution is -0.125. The van der Waals surface area contributed by atoms with Gasteiger partial charge in [-0.15, -0.1) is 0 Å². The first-order valence-corrected chi connectivity index (χ1v) is 9.69. The molecule has 0 amide bonds. The molecule has 0 saturated heterocycles. The molecule has 1 aliphatic carbocycles. The monoisotopic (exact) mass is 268 g/mol. The Morgan fingerprint density at radius 1 is 1.33 bits per heavy atom. The average molecular weight is 268 g/mol. The van der Waals surface area contributed by atoms with Crippen LogP contribution in [0.2, 0.25) is 18.1 Å². The van der Waals surface area contributed by atoms with E-state index in [2.05, 4.69) is 33.9 Å². The van der Waals surface area contributed by atoms with E-state index in [-0.39, 0.29) is 22.3 Å². The highest BCUT2D eigenvalue weighted by Crippen LogP contribution is 2.40. The predicted molar refractivity (Wildman–Crippen MR) is 79.2 cm³/mol. The van der Waals surface area contributed by atoms with Gasteiger partial charge in [0.25, 0.3) is 0 Å². The van der Waals surface area contributed by atoms with Gasteiger partial charge in [0.05, 0.1) is 6.10 Å². The molecule has 0 fully saturated rings. The normalized spacial score (nSPS) is 25.0. The minimum absolute atomic E-state index is 0.0959. The quantitative estimate of drug-likeness (QED) is 0.697. The highest BCUT2D eigenvalue weighted by atomic mass is 28.4. The van der Waals surface area contributed by atoms with Crippen LogP contribution in [-0.2, 0) is 9.22 Å². The zero-order chi connectivity index (χ0) is 14.4. The number of carbonyl (C=O) groups excluding carboxylic acids is 1. The Balaban J connectivity index is 2.91. The molecule has 0 aromatic rings. The van der Waals surface area contributed by atoms with Crippen molar-refractivity contribution < 1.29 is 9.22 Å². The first-order valence-electron chi connectivity index (χ1n) is 6.78. The van der Waals surface area contributed by atoms with Crippen molar-refractivity contribution in [2.24, 2.45) is 5.41 Å². The van der Waals surface area contributed by atoms with E-state index in [0.717, 1.165) is 12.0 Å². The third-order valence-electron chi connectivity index (χ3n) is 4.37. The number of Topliss-reactive ketones (excluding diaryl/α,β-unsaturated/α-hetero) is 1. The summed E-state index contributed by atoms with van der Waals surface area (Å²) in [5.41, 5.74) is 0.571. The third kappa shape index (κ3) is 3.12. The molecule has 0 heterocycles. The molecule has 2 nitrogen and oxygen atoms in total. The first kappa shape index (κ1) is 15.6. The molecule has 0 aromatic carbocycles. The Kier molecular flexibility index (Phi) is 4.00. The van der Waals surface area contributed by atoms with E-state index >= 15 is 0 Å². The van der Waals surface area contributed by atoms with E-state index in [1.165, 1.54) is 0 Å². The van der Waals surface area contributed by atoms with Gasteiger partial charge in [-0.3, -0.25) is 4.79 Å². The SMILES string of the molecule is CC1=C[C@@H](O[Si](C)(C)C(C)(C)C)CC(C)(C)C1=O. The van der Waals surface area contributed by atoms with E-state index in [4.69, 9.17) is 4.43 Å². The Morgan fingerprint density at radius 3 is 2.22 bits per heavy atom. The molecule has 0 radical (unpaired) electrons. The van der Waals surface area contributed by atoms with E-state index in [1.807, 2.05) is 26.8 Å². The van der Waals surface area contributed by atoms with Crippen molar-refractivity contribution in [2.75, 3.05) is 0 Å². The number of hydrogen-bond acceptors (Lipinski definition) is 2. The zero-order valence-electron chi connectivity index (χ0n) is 13.2. The van der Waals surface area contributed by atoms with Gasteiger partial charge >= 0.3 is 0 Å². The van der Waals surface area contributed by atoms with Gasteiger partial charge < -0.3 is 4.43 Å². The van der Waals surface area contributed by atoms with Gasteiger partial charge in [0.2, 0.25) is 0 Å². The summed E-state index contributed by atoms with van der Waals surface area (Å²) in [4.78, 5) is 12.0. The van der Waals surface area contributed by atoms with Crippen LogP contribution >= 0.6 is 0 Å². The summed E-state index contributed by atoms with van der Waals surface area (Å²) in [6.45, 7) is 17.2. The highest BCUT2D eigenvalue weighted by Gasteiger charge is 2.42. The van der Waals surface area contributed by atoms with Gasteiger partial charge in [0.1, 0.15) is 0 Å². The van der Waals surface area contributed by atoms with Crippen molar-refractivity contribution >= 4 is 14.1 Å². The van der Waals surface area contributed by atoms with Gasteiger partial charge in [0, 0.05) is 5.41 Å². The second kappa shape index (κ2) is 4.60. The Hall–Kier alpha value is -0.413. The summed E-state index contributed by atoms with van der Waals surface area (Å²) in [7, 11) is -1.76. The lowest BCUT2D eigenvalue weighted by atomic mass is 9.75. The van der Waals surface area contributed by atoms with Crippen LogP contribution in [0, 0.1) is 5.41 Å². The van der Waals surface area contributed by atoms with Crippen molar-refractivity contribution in [1.82, 2.24) is 0 Å². The minimum Gasteiger partial charge on any atom is -0.411 e. The van der Waals surface area contributed by atoms with Gasteiger partial charge in [-0.05, 0) is 37.0 Å². The van der Waals surface area contributed by atoms with E-state index in [1.54, 1.807) is 0 Å². The smallest absolute Gasteiger partial charge is 0.192 e. The summed E-state index contributed by atoms with van der Waals surface area (Å²) >= 11 is 0. The Bertz CT molecular complexity index is 372. The maximum Gasteiger partial charge on any atom is 0.192 e. The molecule has 0 saturated carbocycles. The Morgan fingerprint density at radius 2 is 1.83 bits per heavy atom. The molecule has 0 aliphatic heterocycles. The molecule has 1 rings (SSSR count). The van der Waals surface area contributed by atoms with Crippen molar-refractivity contribution in [3.05, 3.63) is 11.6 Å². The molecule has 104 valence electrons. The predicted octanol–water partition coefficient (Wildman–Crippen LogP) is 4.32. The van der Waals surface area contributed by atoms with Crippen LogP contribution in [0.5, 0.6) is 0 Å². The molecule has 1 aliphatic rings. The van der Waals surface area contributed by atoms with Crippen molar-refractivity contribution in [1.29, 1.82) is 0 Å². The first-order chi connectivity index (χ1) is 7.87. The van der Waals surface area contributed by atoms with Crippen molar-refractivity contribution in [3.8, 4) is 0 Å². The molecule has 18 heavy (non-hydrogen) atoms. The number of ketones is 1. The molecule has 0 bridgehead atoms. The van der Waals surface area contributed by atoms with Crippen LogP contribution in [0.4, 0.5) is 0 Å². The summed E-state index contributed by atoms with van der Waals surface area (Å²) in [5, 5.41) is 0.209. The fraction of sp³-hybridized carbons (Fsp3) is 0.800. The lowest BCUT2D eigenvalue weighted by Gasteiger charge is -2.41. The zero-order valence-corrected chi connectivity index (χ0v) is 14.2. The van der Waals surface area contributed by atoms with Gasteiger partial charge in [-0.25, -0.2) is 0 Å². The minimum atomic E-state index is -1.76. The standard InChI is InChI=1S/C15H28O2Si/c1-11-9-12(10-15(5,6)13(11)16)17-18(7,8)14(2,3)4/h9,12H,10H2,1-8H3/t12-/m1/s1. The molecule has 1 atom stereocenters. The summed E-state index contributed by atoms with van der Waals surface area (Å²) in [6, 6.07) is 0. The molecule has 0 unspecified atom stereocenters. The van der Waals surface area contributed by atoms with Crippen LogP contribution in [-0.4, -0.2) is 20.2 Å². The van der Waals surface area contributed by atoms with Crippen LogP contribution < -0.4 is 0 Å².